The second-order valence-corrected chi connectivity index (χ2v) is 6.59. The molecule has 2 fully saturated rings. The van der Waals surface area contributed by atoms with Gasteiger partial charge in [-0.2, -0.15) is 0 Å². The molecule has 0 saturated carbocycles. The number of nitrogens with one attached hydrogen (secondary N) is 1. The third-order valence-electron chi connectivity index (χ3n) is 4.28. The van der Waals surface area contributed by atoms with Gasteiger partial charge in [0.2, 0.25) is 0 Å². The Labute approximate surface area is 112 Å². The summed E-state index contributed by atoms with van der Waals surface area (Å²) in [5.41, 5.74) is 0. The molecule has 0 bridgehead atoms. The van der Waals surface area contributed by atoms with E-state index in [0.29, 0.717) is 0 Å². The number of hydrogen-bond donors (Lipinski definition) is 1. The fourth-order valence-electron chi connectivity index (χ4n) is 3.48. The van der Waals surface area contributed by atoms with Crippen LogP contribution >= 0.6 is 22.9 Å². The SMILES string of the molecule is CCC1C2CNCC2CN1Cc1sccc1Cl. The van der Waals surface area contributed by atoms with Crippen LogP contribution in [0.25, 0.3) is 0 Å². The minimum absolute atomic E-state index is 0.744. The minimum atomic E-state index is 0.744. The van der Waals surface area contributed by atoms with Gasteiger partial charge in [-0.15, -0.1) is 11.3 Å². The molecule has 2 nitrogen and oxygen atoms in total. The molecule has 0 spiro atoms. The van der Waals surface area contributed by atoms with E-state index in [1.54, 1.807) is 11.3 Å². The zero-order chi connectivity index (χ0) is 11.8. The molecule has 0 amide bonds. The first-order valence-corrected chi connectivity index (χ1v) is 7.72. The molecule has 2 aliphatic heterocycles. The Balaban J connectivity index is 1.73. The number of rotatable bonds is 3. The predicted molar refractivity (Wildman–Crippen MR) is 73.7 cm³/mol. The molecule has 4 heteroatoms. The van der Waals surface area contributed by atoms with Crippen LogP contribution < -0.4 is 5.32 Å². The molecule has 1 aromatic rings. The molecule has 2 saturated heterocycles. The largest absolute Gasteiger partial charge is 0.316 e. The summed E-state index contributed by atoms with van der Waals surface area (Å²) in [4.78, 5) is 3.98. The maximum Gasteiger partial charge on any atom is 0.0558 e. The number of halogens is 1. The fourth-order valence-corrected chi connectivity index (χ4v) is 4.60. The summed E-state index contributed by atoms with van der Waals surface area (Å²) in [6.45, 7) is 7.01. The topological polar surface area (TPSA) is 15.3 Å². The van der Waals surface area contributed by atoms with Gasteiger partial charge in [-0.25, -0.2) is 0 Å². The predicted octanol–water partition coefficient (Wildman–Crippen LogP) is 2.83. The van der Waals surface area contributed by atoms with E-state index in [-0.39, 0.29) is 0 Å². The van der Waals surface area contributed by atoms with Gasteiger partial charge in [0.25, 0.3) is 0 Å². The van der Waals surface area contributed by atoms with Crippen molar-refractivity contribution < 1.29 is 0 Å². The molecule has 3 rings (SSSR count). The molecular weight excluding hydrogens is 252 g/mol. The first kappa shape index (κ1) is 12.0. The molecule has 1 N–H and O–H groups in total. The van der Waals surface area contributed by atoms with Crippen molar-refractivity contribution >= 4 is 22.9 Å². The van der Waals surface area contributed by atoms with Crippen LogP contribution in [0.4, 0.5) is 0 Å². The van der Waals surface area contributed by atoms with Crippen molar-refractivity contribution in [1.82, 2.24) is 10.2 Å². The summed E-state index contributed by atoms with van der Waals surface area (Å²) >= 11 is 7.99. The van der Waals surface area contributed by atoms with Gasteiger partial charge >= 0.3 is 0 Å². The van der Waals surface area contributed by atoms with Crippen molar-refractivity contribution in [2.24, 2.45) is 11.8 Å². The van der Waals surface area contributed by atoms with Crippen LogP contribution in [0.5, 0.6) is 0 Å². The highest BCUT2D eigenvalue weighted by atomic mass is 35.5. The molecule has 1 aromatic heterocycles. The van der Waals surface area contributed by atoms with Crippen LogP contribution in [0.15, 0.2) is 11.4 Å². The Hall–Kier alpha value is -0.0900. The average molecular weight is 271 g/mol. The molecule has 17 heavy (non-hydrogen) atoms. The van der Waals surface area contributed by atoms with Gasteiger partial charge in [0.05, 0.1) is 5.02 Å². The van der Waals surface area contributed by atoms with E-state index >= 15 is 0 Å². The van der Waals surface area contributed by atoms with E-state index in [2.05, 4.69) is 22.5 Å². The first-order chi connectivity index (χ1) is 8.29. The van der Waals surface area contributed by atoms with Crippen molar-refractivity contribution in [3.63, 3.8) is 0 Å². The number of likely N-dealkylation sites (tertiary alicyclic amines) is 1. The maximum atomic E-state index is 6.20. The molecule has 3 heterocycles. The summed E-state index contributed by atoms with van der Waals surface area (Å²) in [7, 11) is 0. The van der Waals surface area contributed by atoms with Gasteiger partial charge in [-0.1, -0.05) is 18.5 Å². The zero-order valence-corrected chi connectivity index (χ0v) is 11.7. The number of fused-ring (bicyclic) bond motifs is 1. The summed E-state index contributed by atoms with van der Waals surface area (Å²) < 4.78 is 0. The molecule has 2 aliphatic rings. The Kier molecular flexibility index (Phi) is 3.44. The molecular formula is C13H19ClN2S. The van der Waals surface area contributed by atoms with Crippen LogP contribution in [-0.4, -0.2) is 30.6 Å². The van der Waals surface area contributed by atoms with E-state index in [0.717, 1.165) is 29.4 Å². The third-order valence-corrected chi connectivity index (χ3v) is 5.65. The maximum absolute atomic E-state index is 6.20. The summed E-state index contributed by atoms with van der Waals surface area (Å²) in [6, 6.07) is 2.76. The van der Waals surface area contributed by atoms with Gasteiger partial charge < -0.3 is 5.32 Å². The summed E-state index contributed by atoms with van der Waals surface area (Å²) in [5.74, 6) is 1.72. The van der Waals surface area contributed by atoms with Crippen molar-refractivity contribution in [1.29, 1.82) is 0 Å². The van der Waals surface area contributed by atoms with Crippen LogP contribution in [0, 0.1) is 11.8 Å². The lowest BCUT2D eigenvalue weighted by molar-refractivity contribution is 0.212. The lowest BCUT2D eigenvalue weighted by Gasteiger charge is -2.26. The van der Waals surface area contributed by atoms with Crippen LogP contribution in [0.2, 0.25) is 5.02 Å². The van der Waals surface area contributed by atoms with Crippen LogP contribution in [0.1, 0.15) is 18.2 Å². The van der Waals surface area contributed by atoms with E-state index in [4.69, 9.17) is 11.6 Å². The van der Waals surface area contributed by atoms with Crippen molar-refractivity contribution in [2.75, 3.05) is 19.6 Å². The lowest BCUT2D eigenvalue weighted by atomic mass is 9.93. The van der Waals surface area contributed by atoms with Gasteiger partial charge in [-0.3, -0.25) is 4.90 Å². The molecule has 3 atom stereocenters. The monoisotopic (exact) mass is 270 g/mol. The summed E-state index contributed by atoms with van der Waals surface area (Å²) in [6.07, 6.45) is 1.26. The standard InChI is InChI=1S/C13H19ClN2S/c1-2-12-10-6-15-5-9(10)7-16(12)8-13-11(14)3-4-17-13/h3-4,9-10,12,15H,2,5-8H2,1H3. The highest BCUT2D eigenvalue weighted by Crippen LogP contribution is 2.36. The van der Waals surface area contributed by atoms with Gasteiger partial charge in [0, 0.05) is 24.0 Å². The second kappa shape index (κ2) is 4.88. The van der Waals surface area contributed by atoms with Gasteiger partial charge in [0.1, 0.15) is 0 Å². The lowest BCUT2D eigenvalue weighted by Crippen LogP contribution is -2.34. The number of hydrogen-bond acceptors (Lipinski definition) is 3. The Bertz CT molecular complexity index is 393. The first-order valence-electron chi connectivity index (χ1n) is 6.46. The molecule has 0 radical (unpaired) electrons. The van der Waals surface area contributed by atoms with E-state index < -0.39 is 0 Å². The molecule has 0 aliphatic carbocycles. The summed E-state index contributed by atoms with van der Waals surface area (Å²) in [5, 5.41) is 6.57. The zero-order valence-electron chi connectivity index (χ0n) is 10.2. The quantitative estimate of drug-likeness (QED) is 0.909. The van der Waals surface area contributed by atoms with Gasteiger partial charge in [-0.05, 0) is 42.8 Å². The highest BCUT2D eigenvalue weighted by molar-refractivity contribution is 7.10. The van der Waals surface area contributed by atoms with Crippen molar-refractivity contribution in [2.45, 2.75) is 25.9 Å². The van der Waals surface area contributed by atoms with E-state index in [9.17, 15) is 0 Å². The third kappa shape index (κ3) is 2.14. The Morgan fingerprint density at radius 3 is 3.12 bits per heavy atom. The smallest absolute Gasteiger partial charge is 0.0558 e. The Morgan fingerprint density at radius 1 is 1.53 bits per heavy atom. The Morgan fingerprint density at radius 2 is 2.41 bits per heavy atom. The van der Waals surface area contributed by atoms with Crippen LogP contribution in [0.3, 0.4) is 0 Å². The average Bonchev–Trinajstić information content (AvgIpc) is 2.96. The normalized spacial score (nSPS) is 33.2. The van der Waals surface area contributed by atoms with Crippen molar-refractivity contribution in [3.8, 4) is 0 Å². The number of nitrogens with zero attached hydrogens (tertiary/aromatic N) is 1. The van der Waals surface area contributed by atoms with Gasteiger partial charge in [0.15, 0.2) is 0 Å². The fraction of sp³-hybridized carbons (Fsp3) is 0.692. The molecule has 0 aromatic carbocycles. The second-order valence-electron chi connectivity index (χ2n) is 5.18. The van der Waals surface area contributed by atoms with E-state index in [1.165, 1.54) is 30.9 Å². The highest BCUT2D eigenvalue weighted by Gasteiger charge is 2.43. The van der Waals surface area contributed by atoms with Crippen LogP contribution in [-0.2, 0) is 6.54 Å². The molecule has 94 valence electrons. The minimum Gasteiger partial charge on any atom is -0.316 e. The number of thiophene rings is 1. The van der Waals surface area contributed by atoms with E-state index in [1.807, 2.05) is 6.07 Å². The molecule has 3 unspecified atom stereocenters. The van der Waals surface area contributed by atoms with Crippen molar-refractivity contribution in [3.05, 3.63) is 21.3 Å².